The molecule has 1 aromatic rings. The number of benzene rings is 1. The van der Waals surface area contributed by atoms with Gasteiger partial charge < -0.3 is 19.9 Å². The molecule has 18 heavy (non-hydrogen) atoms. The lowest BCUT2D eigenvalue weighted by molar-refractivity contribution is 0.0182. The van der Waals surface area contributed by atoms with Gasteiger partial charge in [0.1, 0.15) is 5.82 Å². The molecule has 0 heterocycles. The van der Waals surface area contributed by atoms with E-state index < -0.39 is 6.10 Å². The number of hydrogen-bond donors (Lipinski definition) is 2. The van der Waals surface area contributed by atoms with Gasteiger partial charge in [0.25, 0.3) is 0 Å². The monoisotopic (exact) mass is 321 g/mol. The maximum atomic E-state index is 13.0. The summed E-state index contributed by atoms with van der Waals surface area (Å²) in [4.78, 5) is 0. The SMILES string of the molecule is COCCOCC(O)CNc1cc(F)ccc1Br. The van der Waals surface area contributed by atoms with Gasteiger partial charge in [-0.1, -0.05) is 0 Å². The van der Waals surface area contributed by atoms with Gasteiger partial charge in [0, 0.05) is 18.1 Å². The lowest BCUT2D eigenvalue weighted by Crippen LogP contribution is -2.25. The van der Waals surface area contributed by atoms with Gasteiger partial charge in [-0.25, -0.2) is 4.39 Å². The van der Waals surface area contributed by atoms with Gasteiger partial charge in [-0.15, -0.1) is 0 Å². The summed E-state index contributed by atoms with van der Waals surface area (Å²) < 4.78 is 23.7. The molecule has 2 N–H and O–H groups in total. The fourth-order valence-electron chi connectivity index (χ4n) is 1.28. The minimum atomic E-state index is -0.656. The van der Waals surface area contributed by atoms with E-state index in [1.807, 2.05) is 0 Å². The van der Waals surface area contributed by atoms with Crippen LogP contribution in [0.2, 0.25) is 0 Å². The second-order valence-corrected chi connectivity index (χ2v) is 4.58. The number of anilines is 1. The number of aliphatic hydroxyl groups is 1. The number of methoxy groups -OCH3 is 1. The van der Waals surface area contributed by atoms with Gasteiger partial charge in [0.15, 0.2) is 0 Å². The molecule has 0 spiro atoms. The number of nitrogens with one attached hydrogen (secondary N) is 1. The van der Waals surface area contributed by atoms with Crippen LogP contribution in [-0.2, 0) is 9.47 Å². The van der Waals surface area contributed by atoms with Crippen LogP contribution in [0, 0.1) is 5.82 Å². The molecule has 1 aromatic carbocycles. The van der Waals surface area contributed by atoms with Crippen molar-refractivity contribution in [2.24, 2.45) is 0 Å². The van der Waals surface area contributed by atoms with E-state index in [1.54, 1.807) is 13.2 Å². The summed E-state index contributed by atoms with van der Waals surface area (Å²) in [5.41, 5.74) is 0.603. The molecule has 0 saturated heterocycles. The van der Waals surface area contributed by atoms with Crippen LogP contribution in [0.4, 0.5) is 10.1 Å². The Morgan fingerprint density at radius 1 is 1.44 bits per heavy atom. The molecule has 0 aliphatic heterocycles. The van der Waals surface area contributed by atoms with E-state index in [-0.39, 0.29) is 19.0 Å². The van der Waals surface area contributed by atoms with E-state index >= 15 is 0 Å². The molecule has 0 aliphatic carbocycles. The number of ether oxygens (including phenoxy) is 2. The summed E-state index contributed by atoms with van der Waals surface area (Å²) in [6, 6.07) is 4.33. The predicted octanol–water partition coefficient (Wildman–Crippen LogP) is 2.02. The third kappa shape index (κ3) is 5.77. The summed E-state index contributed by atoms with van der Waals surface area (Å²) in [5, 5.41) is 12.6. The maximum Gasteiger partial charge on any atom is 0.125 e. The van der Waals surface area contributed by atoms with Crippen LogP contribution in [0.25, 0.3) is 0 Å². The zero-order chi connectivity index (χ0) is 13.4. The fraction of sp³-hybridized carbons (Fsp3) is 0.500. The summed E-state index contributed by atoms with van der Waals surface area (Å²) in [6.07, 6.45) is -0.656. The molecular formula is C12H17BrFNO3. The van der Waals surface area contributed by atoms with Crippen molar-refractivity contribution >= 4 is 21.6 Å². The molecule has 0 radical (unpaired) electrons. The smallest absolute Gasteiger partial charge is 0.125 e. The highest BCUT2D eigenvalue weighted by Gasteiger charge is 2.06. The molecule has 1 rings (SSSR count). The quantitative estimate of drug-likeness (QED) is 0.719. The zero-order valence-electron chi connectivity index (χ0n) is 10.2. The van der Waals surface area contributed by atoms with Gasteiger partial charge >= 0.3 is 0 Å². The van der Waals surface area contributed by atoms with Crippen LogP contribution in [0.15, 0.2) is 22.7 Å². The lowest BCUT2D eigenvalue weighted by atomic mass is 10.3. The Morgan fingerprint density at radius 2 is 2.22 bits per heavy atom. The van der Waals surface area contributed by atoms with Crippen molar-refractivity contribution in [1.82, 2.24) is 0 Å². The highest BCUT2D eigenvalue weighted by atomic mass is 79.9. The van der Waals surface area contributed by atoms with E-state index in [0.29, 0.717) is 18.9 Å². The molecule has 0 aromatic heterocycles. The third-order valence-electron chi connectivity index (χ3n) is 2.20. The van der Waals surface area contributed by atoms with Crippen LogP contribution in [0.3, 0.4) is 0 Å². The van der Waals surface area contributed by atoms with E-state index in [4.69, 9.17) is 9.47 Å². The Morgan fingerprint density at radius 3 is 2.94 bits per heavy atom. The van der Waals surface area contributed by atoms with Crippen LogP contribution in [0.5, 0.6) is 0 Å². The maximum absolute atomic E-state index is 13.0. The summed E-state index contributed by atoms with van der Waals surface area (Å²) in [7, 11) is 1.59. The summed E-state index contributed by atoms with van der Waals surface area (Å²) >= 11 is 3.30. The van der Waals surface area contributed by atoms with Crippen molar-refractivity contribution in [2.45, 2.75) is 6.10 Å². The average Bonchev–Trinajstić information content (AvgIpc) is 2.36. The Kier molecular flexibility index (Phi) is 7.19. The second-order valence-electron chi connectivity index (χ2n) is 3.73. The van der Waals surface area contributed by atoms with Gasteiger partial charge in [-0.05, 0) is 34.1 Å². The summed E-state index contributed by atoms with van der Waals surface area (Å²) in [6.45, 7) is 1.44. The molecule has 1 atom stereocenters. The predicted molar refractivity (Wildman–Crippen MR) is 71.3 cm³/mol. The first kappa shape index (κ1) is 15.4. The highest BCUT2D eigenvalue weighted by molar-refractivity contribution is 9.10. The van der Waals surface area contributed by atoms with Crippen molar-refractivity contribution in [3.8, 4) is 0 Å². The molecule has 0 bridgehead atoms. The Hall–Kier alpha value is -0.690. The Bertz CT molecular complexity index is 365. The molecule has 102 valence electrons. The molecule has 0 fully saturated rings. The van der Waals surface area contributed by atoms with Crippen LogP contribution >= 0.6 is 15.9 Å². The minimum absolute atomic E-state index is 0.212. The largest absolute Gasteiger partial charge is 0.389 e. The molecule has 0 saturated carbocycles. The van der Waals surface area contributed by atoms with E-state index in [2.05, 4.69) is 21.2 Å². The molecule has 0 amide bonds. The van der Waals surface area contributed by atoms with Crippen molar-refractivity contribution in [3.63, 3.8) is 0 Å². The first-order chi connectivity index (χ1) is 8.63. The first-order valence-corrected chi connectivity index (χ1v) is 6.36. The van der Waals surface area contributed by atoms with E-state index in [0.717, 1.165) is 4.47 Å². The number of halogens is 2. The van der Waals surface area contributed by atoms with Crippen LogP contribution < -0.4 is 5.32 Å². The topological polar surface area (TPSA) is 50.7 Å². The Balaban J connectivity index is 2.29. The molecule has 6 heteroatoms. The average molecular weight is 322 g/mol. The van der Waals surface area contributed by atoms with Crippen LogP contribution in [-0.4, -0.2) is 44.7 Å². The van der Waals surface area contributed by atoms with E-state index in [1.165, 1.54) is 12.1 Å². The van der Waals surface area contributed by atoms with E-state index in [9.17, 15) is 9.50 Å². The normalized spacial score (nSPS) is 12.4. The number of hydrogen-bond acceptors (Lipinski definition) is 4. The summed E-state index contributed by atoms with van der Waals surface area (Å²) in [5.74, 6) is -0.327. The lowest BCUT2D eigenvalue weighted by Gasteiger charge is -2.14. The van der Waals surface area contributed by atoms with Crippen LogP contribution in [0.1, 0.15) is 0 Å². The first-order valence-electron chi connectivity index (χ1n) is 5.57. The molecular weight excluding hydrogens is 305 g/mol. The van der Waals surface area contributed by atoms with Crippen molar-refractivity contribution in [1.29, 1.82) is 0 Å². The number of rotatable bonds is 8. The van der Waals surface area contributed by atoms with Gasteiger partial charge in [-0.3, -0.25) is 0 Å². The van der Waals surface area contributed by atoms with Gasteiger partial charge in [0.2, 0.25) is 0 Å². The highest BCUT2D eigenvalue weighted by Crippen LogP contribution is 2.22. The standard InChI is InChI=1S/C12H17BrFNO3/c1-17-4-5-18-8-10(16)7-15-12-6-9(14)2-3-11(12)13/h2-3,6,10,15-16H,4-5,7-8H2,1H3. The zero-order valence-corrected chi connectivity index (χ0v) is 11.7. The molecule has 0 aliphatic rings. The minimum Gasteiger partial charge on any atom is -0.389 e. The Labute approximate surface area is 114 Å². The van der Waals surface area contributed by atoms with Gasteiger partial charge in [0.05, 0.1) is 31.6 Å². The van der Waals surface area contributed by atoms with Gasteiger partial charge in [-0.2, -0.15) is 0 Å². The van der Waals surface area contributed by atoms with Crippen molar-refractivity contribution in [2.75, 3.05) is 38.8 Å². The second kappa shape index (κ2) is 8.42. The number of aliphatic hydroxyl groups excluding tert-OH is 1. The van der Waals surface area contributed by atoms with Crippen molar-refractivity contribution < 1.29 is 19.0 Å². The fourth-order valence-corrected chi connectivity index (χ4v) is 1.67. The third-order valence-corrected chi connectivity index (χ3v) is 2.89. The molecule has 4 nitrogen and oxygen atoms in total. The van der Waals surface area contributed by atoms with Crippen molar-refractivity contribution in [3.05, 3.63) is 28.5 Å². The molecule has 1 unspecified atom stereocenters.